The fraction of sp³-hybridized carbons (Fsp3) is 0.452. The van der Waals surface area contributed by atoms with E-state index in [9.17, 15) is 22.8 Å². The van der Waals surface area contributed by atoms with Gasteiger partial charge in [-0.05, 0) is 61.9 Å². The molecule has 0 bridgehead atoms. The predicted octanol–water partition coefficient (Wildman–Crippen LogP) is 6.61. The summed E-state index contributed by atoms with van der Waals surface area (Å²) in [5, 5.41) is 0. The molecule has 42 heavy (non-hydrogen) atoms. The molecule has 0 spiro atoms. The lowest BCUT2D eigenvalue weighted by atomic mass is 9.82. The van der Waals surface area contributed by atoms with Crippen molar-refractivity contribution in [2.45, 2.75) is 44.8 Å². The Morgan fingerprint density at radius 3 is 2.29 bits per heavy atom. The molecule has 0 unspecified atom stereocenters. The second kappa shape index (κ2) is 15.5. The first-order valence-corrected chi connectivity index (χ1v) is 13.7. The number of alkyl halides is 3. The summed E-state index contributed by atoms with van der Waals surface area (Å²) in [4.78, 5) is 32.4. The van der Waals surface area contributed by atoms with Crippen LogP contribution in [0.4, 0.5) is 18.9 Å². The average molecular weight is 591 g/mol. The van der Waals surface area contributed by atoms with Gasteiger partial charge in [0, 0.05) is 12.1 Å². The van der Waals surface area contributed by atoms with E-state index in [0.29, 0.717) is 18.8 Å². The number of aromatic nitrogens is 1. The SMILES string of the molecule is C=CCOCC(COCC=C)N(C(=O)C1CCC(C)CC1)c1ccc(Oc2ncccc2C(F)(F)F)cc1C(=O)OC. The van der Waals surface area contributed by atoms with Crippen LogP contribution in [0.25, 0.3) is 0 Å². The molecule has 8 nitrogen and oxygen atoms in total. The fourth-order valence-corrected chi connectivity index (χ4v) is 4.83. The van der Waals surface area contributed by atoms with Gasteiger partial charge in [0.1, 0.15) is 11.3 Å². The van der Waals surface area contributed by atoms with Crippen LogP contribution in [0, 0.1) is 11.8 Å². The van der Waals surface area contributed by atoms with Crippen LogP contribution in [-0.2, 0) is 25.2 Å². The molecule has 1 saturated carbocycles. The first kappa shape index (κ1) is 32.8. The van der Waals surface area contributed by atoms with Crippen molar-refractivity contribution in [1.82, 2.24) is 4.98 Å². The number of anilines is 1. The van der Waals surface area contributed by atoms with Gasteiger partial charge in [-0.1, -0.05) is 19.1 Å². The van der Waals surface area contributed by atoms with E-state index in [4.69, 9.17) is 18.9 Å². The maximum Gasteiger partial charge on any atom is 0.421 e. The third-order valence-electron chi connectivity index (χ3n) is 6.98. The number of rotatable bonds is 14. The number of hydrogen-bond donors (Lipinski definition) is 0. The molecule has 0 N–H and O–H groups in total. The molecule has 1 aliphatic rings. The molecule has 1 aliphatic carbocycles. The van der Waals surface area contributed by atoms with Crippen molar-refractivity contribution in [2.75, 3.05) is 38.4 Å². The number of ether oxygens (including phenoxy) is 4. The monoisotopic (exact) mass is 590 g/mol. The molecule has 0 saturated heterocycles. The van der Waals surface area contributed by atoms with Crippen LogP contribution in [0.15, 0.2) is 61.8 Å². The van der Waals surface area contributed by atoms with Gasteiger partial charge in [0.25, 0.3) is 0 Å². The van der Waals surface area contributed by atoms with Crippen LogP contribution >= 0.6 is 0 Å². The summed E-state index contributed by atoms with van der Waals surface area (Å²) in [5.74, 6) is -1.58. The van der Waals surface area contributed by atoms with Gasteiger partial charge in [0.15, 0.2) is 0 Å². The topological polar surface area (TPSA) is 87.2 Å². The number of pyridine rings is 1. The molecular weight excluding hydrogens is 553 g/mol. The lowest BCUT2D eigenvalue weighted by molar-refractivity contribution is -0.138. The summed E-state index contributed by atoms with van der Waals surface area (Å²) in [6, 6.07) is 5.42. The highest BCUT2D eigenvalue weighted by Gasteiger charge is 2.37. The molecule has 11 heteroatoms. The summed E-state index contributed by atoms with van der Waals surface area (Å²) in [5.41, 5.74) is -0.949. The van der Waals surface area contributed by atoms with Crippen LogP contribution in [-0.4, -0.2) is 56.4 Å². The van der Waals surface area contributed by atoms with E-state index in [2.05, 4.69) is 25.1 Å². The molecule has 1 amide bonds. The van der Waals surface area contributed by atoms with Crippen molar-refractivity contribution in [3.63, 3.8) is 0 Å². The number of benzene rings is 1. The Kier molecular flexibility index (Phi) is 12.1. The predicted molar refractivity (Wildman–Crippen MR) is 152 cm³/mol. The number of nitrogens with zero attached hydrogens (tertiary/aromatic N) is 2. The fourth-order valence-electron chi connectivity index (χ4n) is 4.83. The first-order chi connectivity index (χ1) is 20.1. The Bertz CT molecular complexity index is 1210. The maximum atomic E-state index is 14.2. The first-order valence-electron chi connectivity index (χ1n) is 13.7. The minimum absolute atomic E-state index is 0.0692. The Morgan fingerprint density at radius 1 is 1.07 bits per heavy atom. The zero-order valence-electron chi connectivity index (χ0n) is 23.9. The summed E-state index contributed by atoms with van der Waals surface area (Å²) in [7, 11) is 1.17. The minimum Gasteiger partial charge on any atom is -0.465 e. The molecule has 2 aromatic rings. The smallest absolute Gasteiger partial charge is 0.421 e. The van der Waals surface area contributed by atoms with E-state index < -0.39 is 29.6 Å². The number of carbonyl (C=O) groups is 2. The summed E-state index contributed by atoms with van der Waals surface area (Å²) < 4.78 is 62.6. The largest absolute Gasteiger partial charge is 0.465 e. The van der Waals surface area contributed by atoms with Crippen molar-refractivity contribution in [2.24, 2.45) is 11.8 Å². The van der Waals surface area contributed by atoms with Gasteiger partial charge in [0.2, 0.25) is 11.8 Å². The molecule has 0 radical (unpaired) electrons. The van der Waals surface area contributed by atoms with Crippen LogP contribution in [0.1, 0.15) is 48.5 Å². The van der Waals surface area contributed by atoms with Crippen molar-refractivity contribution < 1.29 is 41.7 Å². The van der Waals surface area contributed by atoms with Gasteiger partial charge in [-0.25, -0.2) is 9.78 Å². The Labute approximate surface area is 244 Å². The van der Waals surface area contributed by atoms with E-state index in [1.165, 1.54) is 36.4 Å². The number of amides is 1. The Hall–Kier alpha value is -3.70. The van der Waals surface area contributed by atoms with Gasteiger partial charge in [-0.2, -0.15) is 13.2 Å². The quantitative estimate of drug-likeness (QED) is 0.139. The van der Waals surface area contributed by atoms with E-state index in [-0.39, 0.29) is 55.3 Å². The van der Waals surface area contributed by atoms with Crippen LogP contribution < -0.4 is 9.64 Å². The third kappa shape index (κ3) is 8.65. The normalized spacial score (nSPS) is 17.0. The van der Waals surface area contributed by atoms with Gasteiger partial charge in [0.05, 0.1) is 50.8 Å². The zero-order valence-corrected chi connectivity index (χ0v) is 23.9. The lowest BCUT2D eigenvalue weighted by Crippen LogP contribution is -2.49. The highest BCUT2D eigenvalue weighted by atomic mass is 19.4. The number of methoxy groups -OCH3 is 1. The summed E-state index contributed by atoms with van der Waals surface area (Å²) in [6.07, 6.45) is 2.75. The van der Waals surface area contributed by atoms with Crippen LogP contribution in [0.3, 0.4) is 0 Å². The summed E-state index contributed by atoms with van der Waals surface area (Å²) in [6.45, 7) is 10.1. The van der Waals surface area contributed by atoms with Crippen molar-refractivity contribution in [3.05, 3.63) is 73.0 Å². The van der Waals surface area contributed by atoms with Crippen molar-refractivity contribution in [1.29, 1.82) is 0 Å². The van der Waals surface area contributed by atoms with Gasteiger partial charge in [-0.3, -0.25) is 4.79 Å². The Balaban J connectivity index is 2.09. The maximum absolute atomic E-state index is 14.2. The molecule has 0 aliphatic heterocycles. The second-order valence-electron chi connectivity index (χ2n) is 10.1. The summed E-state index contributed by atoms with van der Waals surface area (Å²) >= 11 is 0. The zero-order chi connectivity index (χ0) is 30.7. The van der Waals surface area contributed by atoms with Crippen LogP contribution in [0.2, 0.25) is 0 Å². The number of esters is 1. The highest BCUT2D eigenvalue weighted by Crippen LogP contribution is 2.38. The van der Waals surface area contributed by atoms with Crippen molar-refractivity contribution in [3.8, 4) is 11.6 Å². The molecule has 0 atom stereocenters. The highest BCUT2D eigenvalue weighted by molar-refractivity contribution is 6.04. The lowest BCUT2D eigenvalue weighted by Gasteiger charge is -2.37. The van der Waals surface area contributed by atoms with E-state index >= 15 is 0 Å². The molecule has 1 heterocycles. The third-order valence-corrected chi connectivity index (χ3v) is 6.98. The number of hydrogen-bond acceptors (Lipinski definition) is 7. The van der Waals surface area contributed by atoms with E-state index in [0.717, 1.165) is 25.0 Å². The molecular formula is C31H37F3N2O6. The van der Waals surface area contributed by atoms with Gasteiger partial charge in [-0.15, -0.1) is 13.2 Å². The number of halogens is 3. The van der Waals surface area contributed by atoms with Crippen molar-refractivity contribution >= 4 is 17.6 Å². The molecule has 1 aromatic heterocycles. The van der Waals surface area contributed by atoms with Gasteiger partial charge < -0.3 is 23.8 Å². The Morgan fingerprint density at radius 2 is 1.71 bits per heavy atom. The van der Waals surface area contributed by atoms with Gasteiger partial charge >= 0.3 is 12.1 Å². The number of carbonyl (C=O) groups excluding carboxylic acids is 2. The minimum atomic E-state index is -4.71. The standard InChI is InChI=1S/C31H37F3N2O6/c1-5-16-40-19-23(20-41-17-6-2)36(29(37)22-11-9-21(3)10-12-22)27-14-13-24(18-25(27)30(38)39-4)42-28-26(31(32,33)34)8-7-15-35-28/h5-8,13-15,18,21-23H,1-2,9-12,16-17,19-20H2,3-4H3. The average Bonchev–Trinajstić information content (AvgIpc) is 2.97. The van der Waals surface area contributed by atoms with E-state index in [1.54, 1.807) is 12.2 Å². The van der Waals surface area contributed by atoms with Crippen LogP contribution in [0.5, 0.6) is 11.6 Å². The molecule has 3 rings (SSSR count). The molecule has 1 aromatic carbocycles. The van der Waals surface area contributed by atoms with E-state index in [1.807, 2.05) is 0 Å². The molecule has 228 valence electrons. The second-order valence-corrected chi connectivity index (χ2v) is 10.1. The molecule has 1 fully saturated rings.